The molecule has 0 unspecified atom stereocenters. The second kappa shape index (κ2) is 5.29. The maximum absolute atomic E-state index is 11.4. The van der Waals surface area contributed by atoms with Crippen LogP contribution in [0.5, 0.6) is 0 Å². The summed E-state index contributed by atoms with van der Waals surface area (Å²) in [5.41, 5.74) is 2.08. The smallest absolute Gasteiger partial charge is 0.219 e. The van der Waals surface area contributed by atoms with Gasteiger partial charge in [0.1, 0.15) is 0 Å². The number of anilines is 1. The zero-order valence-corrected chi connectivity index (χ0v) is 12.1. The fourth-order valence-electron chi connectivity index (χ4n) is 2.64. The van der Waals surface area contributed by atoms with Crippen LogP contribution in [0.1, 0.15) is 6.92 Å². The van der Waals surface area contributed by atoms with Gasteiger partial charge in [0.05, 0.1) is 5.52 Å². The second-order valence-electron chi connectivity index (χ2n) is 4.98. The first-order chi connectivity index (χ1) is 9.65. The quantitative estimate of drug-likeness (QED) is 0.809. The highest BCUT2D eigenvalue weighted by Gasteiger charge is 2.20. The van der Waals surface area contributed by atoms with Gasteiger partial charge >= 0.3 is 0 Å². The van der Waals surface area contributed by atoms with Crippen LogP contribution in [0.2, 0.25) is 5.02 Å². The van der Waals surface area contributed by atoms with Crippen molar-refractivity contribution in [3.05, 3.63) is 35.5 Å². The molecule has 0 atom stereocenters. The summed E-state index contributed by atoms with van der Waals surface area (Å²) in [7, 11) is 0. The highest BCUT2D eigenvalue weighted by molar-refractivity contribution is 6.31. The van der Waals surface area contributed by atoms with Gasteiger partial charge < -0.3 is 9.80 Å². The number of carbonyl (C=O) groups excluding carboxylic acids is 1. The van der Waals surface area contributed by atoms with E-state index in [1.807, 2.05) is 35.4 Å². The lowest BCUT2D eigenvalue weighted by atomic mass is 10.1. The van der Waals surface area contributed by atoms with E-state index in [0.717, 1.165) is 42.8 Å². The molecule has 5 heteroatoms. The maximum Gasteiger partial charge on any atom is 0.219 e. The Morgan fingerprint density at radius 2 is 1.95 bits per heavy atom. The standard InChI is InChI=1S/C15H16ClN3O/c1-11(20)18-6-8-19(9-7-18)15-4-5-17-14-3-2-12(16)10-13(14)15/h2-5,10H,6-9H2,1H3. The van der Waals surface area contributed by atoms with Crippen molar-refractivity contribution >= 4 is 34.1 Å². The van der Waals surface area contributed by atoms with Crippen molar-refractivity contribution in [1.82, 2.24) is 9.88 Å². The van der Waals surface area contributed by atoms with Gasteiger partial charge in [0.2, 0.25) is 5.91 Å². The monoisotopic (exact) mass is 289 g/mol. The summed E-state index contributed by atoms with van der Waals surface area (Å²) < 4.78 is 0. The van der Waals surface area contributed by atoms with E-state index in [2.05, 4.69) is 9.88 Å². The molecule has 20 heavy (non-hydrogen) atoms. The number of nitrogens with zero attached hydrogens (tertiary/aromatic N) is 3. The zero-order chi connectivity index (χ0) is 14.1. The molecule has 0 radical (unpaired) electrons. The molecular formula is C15H16ClN3O. The van der Waals surface area contributed by atoms with Crippen molar-refractivity contribution in [2.75, 3.05) is 31.1 Å². The molecule has 2 aromatic rings. The summed E-state index contributed by atoms with van der Waals surface area (Å²) in [6, 6.07) is 7.76. The summed E-state index contributed by atoms with van der Waals surface area (Å²) in [5, 5.41) is 1.78. The van der Waals surface area contributed by atoms with Crippen molar-refractivity contribution in [3.8, 4) is 0 Å². The van der Waals surface area contributed by atoms with Crippen LogP contribution in [0.3, 0.4) is 0 Å². The van der Waals surface area contributed by atoms with Gasteiger partial charge in [-0.1, -0.05) is 11.6 Å². The predicted molar refractivity (Wildman–Crippen MR) is 81.2 cm³/mol. The Bertz CT molecular complexity index is 651. The number of aromatic nitrogens is 1. The average Bonchev–Trinajstić information content (AvgIpc) is 2.46. The van der Waals surface area contributed by atoms with Crippen molar-refractivity contribution in [2.24, 2.45) is 0 Å². The lowest BCUT2D eigenvalue weighted by Gasteiger charge is -2.36. The van der Waals surface area contributed by atoms with Gasteiger partial charge in [-0.05, 0) is 24.3 Å². The van der Waals surface area contributed by atoms with Crippen LogP contribution in [-0.4, -0.2) is 42.0 Å². The summed E-state index contributed by atoms with van der Waals surface area (Å²) in [4.78, 5) is 19.9. The summed E-state index contributed by atoms with van der Waals surface area (Å²) in [6.07, 6.45) is 1.82. The third-order valence-corrected chi connectivity index (χ3v) is 3.98. The SMILES string of the molecule is CC(=O)N1CCN(c2ccnc3ccc(Cl)cc23)CC1. The molecule has 0 saturated carbocycles. The van der Waals surface area contributed by atoms with E-state index < -0.39 is 0 Å². The van der Waals surface area contributed by atoms with Crippen LogP contribution >= 0.6 is 11.6 Å². The van der Waals surface area contributed by atoms with Gasteiger partial charge in [-0.3, -0.25) is 9.78 Å². The number of carbonyl (C=O) groups is 1. The summed E-state index contributed by atoms with van der Waals surface area (Å²) >= 11 is 6.10. The van der Waals surface area contributed by atoms with Crippen LogP contribution in [0.4, 0.5) is 5.69 Å². The molecule has 0 bridgehead atoms. The number of piperazine rings is 1. The highest BCUT2D eigenvalue weighted by atomic mass is 35.5. The second-order valence-corrected chi connectivity index (χ2v) is 5.42. The van der Waals surface area contributed by atoms with Crippen LogP contribution in [0.15, 0.2) is 30.5 Å². The first-order valence-electron chi connectivity index (χ1n) is 6.70. The number of pyridine rings is 1. The molecule has 4 nitrogen and oxygen atoms in total. The third kappa shape index (κ3) is 2.43. The Kier molecular flexibility index (Phi) is 3.49. The molecule has 1 fully saturated rings. The minimum Gasteiger partial charge on any atom is -0.367 e. The fraction of sp³-hybridized carbons (Fsp3) is 0.333. The van der Waals surface area contributed by atoms with Gasteiger partial charge in [0.15, 0.2) is 0 Å². The number of halogens is 1. The zero-order valence-electron chi connectivity index (χ0n) is 11.3. The van der Waals surface area contributed by atoms with Crippen molar-refractivity contribution in [1.29, 1.82) is 0 Å². The Morgan fingerprint density at radius 1 is 1.20 bits per heavy atom. The van der Waals surface area contributed by atoms with Crippen LogP contribution in [0, 0.1) is 0 Å². The predicted octanol–water partition coefficient (Wildman–Crippen LogP) is 2.56. The van der Waals surface area contributed by atoms with E-state index in [9.17, 15) is 4.79 Å². The summed E-state index contributed by atoms with van der Waals surface area (Å²) in [5.74, 6) is 0.146. The van der Waals surface area contributed by atoms with E-state index in [0.29, 0.717) is 5.02 Å². The number of benzene rings is 1. The number of fused-ring (bicyclic) bond motifs is 1. The van der Waals surface area contributed by atoms with E-state index in [1.54, 1.807) is 6.92 Å². The van der Waals surface area contributed by atoms with Crippen LogP contribution < -0.4 is 4.90 Å². The molecule has 104 valence electrons. The molecule has 0 spiro atoms. The van der Waals surface area contributed by atoms with E-state index in [1.165, 1.54) is 0 Å². The lowest BCUT2D eigenvalue weighted by molar-refractivity contribution is -0.129. The Labute approximate surface area is 123 Å². The van der Waals surface area contributed by atoms with Crippen LogP contribution in [0.25, 0.3) is 10.9 Å². The van der Waals surface area contributed by atoms with E-state index in [4.69, 9.17) is 11.6 Å². The lowest BCUT2D eigenvalue weighted by Crippen LogP contribution is -2.48. The van der Waals surface area contributed by atoms with Gasteiger partial charge in [-0.25, -0.2) is 0 Å². The minimum absolute atomic E-state index is 0.146. The molecule has 1 aromatic carbocycles. The van der Waals surface area contributed by atoms with Crippen molar-refractivity contribution < 1.29 is 4.79 Å². The first-order valence-corrected chi connectivity index (χ1v) is 7.08. The van der Waals surface area contributed by atoms with Crippen LogP contribution in [-0.2, 0) is 4.79 Å². The Morgan fingerprint density at radius 3 is 2.65 bits per heavy atom. The van der Waals surface area contributed by atoms with Crippen molar-refractivity contribution in [3.63, 3.8) is 0 Å². The number of hydrogen-bond acceptors (Lipinski definition) is 3. The highest BCUT2D eigenvalue weighted by Crippen LogP contribution is 2.28. The molecule has 0 aliphatic carbocycles. The maximum atomic E-state index is 11.4. The number of hydrogen-bond donors (Lipinski definition) is 0. The topological polar surface area (TPSA) is 36.4 Å². The molecule has 1 aliphatic rings. The average molecular weight is 290 g/mol. The van der Waals surface area contributed by atoms with Gasteiger partial charge in [0.25, 0.3) is 0 Å². The van der Waals surface area contributed by atoms with Gasteiger partial charge in [0, 0.05) is 55.4 Å². The molecule has 2 heterocycles. The summed E-state index contributed by atoms with van der Waals surface area (Å²) in [6.45, 7) is 4.83. The minimum atomic E-state index is 0.146. The molecule has 3 rings (SSSR count). The molecule has 0 N–H and O–H groups in total. The molecule has 1 amide bonds. The molecule has 1 aliphatic heterocycles. The van der Waals surface area contributed by atoms with Crippen molar-refractivity contribution in [2.45, 2.75) is 6.92 Å². The fourth-order valence-corrected chi connectivity index (χ4v) is 2.81. The van der Waals surface area contributed by atoms with E-state index in [-0.39, 0.29) is 5.91 Å². The largest absolute Gasteiger partial charge is 0.367 e. The first kappa shape index (κ1) is 13.2. The normalized spacial score (nSPS) is 15.7. The Hall–Kier alpha value is -1.81. The number of amides is 1. The van der Waals surface area contributed by atoms with Gasteiger partial charge in [-0.2, -0.15) is 0 Å². The van der Waals surface area contributed by atoms with E-state index >= 15 is 0 Å². The Balaban J connectivity index is 1.91. The third-order valence-electron chi connectivity index (χ3n) is 3.75. The van der Waals surface area contributed by atoms with Gasteiger partial charge in [-0.15, -0.1) is 0 Å². The molecule has 1 saturated heterocycles. The number of rotatable bonds is 1. The molecular weight excluding hydrogens is 274 g/mol. The molecule has 1 aromatic heterocycles.